The molecule has 3 nitrogen and oxygen atoms in total. The Morgan fingerprint density at radius 2 is 1.70 bits per heavy atom. The normalized spacial score (nSPS) is 12.0. The topological polar surface area (TPSA) is 46.3 Å². The van der Waals surface area contributed by atoms with E-state index < -0.39 is 23.5 Å². The first-order valence-corrected chi connectivity index (χ1v) is 7.09. The van der Waals surface area contributed by atoms with Gasteiger partial charge in [0.25, 0.3) is 0 Å². The molecule has 0 saturated carbocycles. The Kier molecular flexibility index (Phi) is 5.39. The van der Waals surface area contributed by atoms with Gasteiger partial charge in [0, 0.05) is 31.3 Å². The molecule has 2 aromatic carbocycles. The molecule has 0 fully saturated rings. The average molecular weight is 322 g/mol. The smallest absolute Gasteiger partial charge is 0.228 e. The van der Waals surface area contributed by atoms with Gasteiger partial charge in [-0.2, -0.15) is 0 Å². The molecular formula is C17H17F3N2O. The van der Waals surface area contributed by atoms with Crippen molar-refractivity contribution in [3.8, 4) is 0 Å². The number of rotatable bonds is 5. The van der Waals surface area contributed by atoms with Crippen LogP contribution in [-0.4, -0.2) is 19.0 Å². The van der Waals surface area contributed by atoms with Crippen molar-refractivity contribution < 1.29 is 18.0 Å². The summed E-state index contributed by atoms with van der Waals surface area (Å²) in [4.78, 5) is 13.6. The Balaban J connectivity index is 2.01. The molecule has 0 bridgehead atoms. The van der Waals surface area contributed by atoms with Gasteiger partial charge in [-0.3, -0.25) is 4.79 Å². The molecule has 2 rings (SSSR count). The molecule has 2 N–H and O–H groups in total. The number of carbonyl (C=O) groups is 1. The van der Waals surface area contributed by atoms with Crippen LogP contribution in [0.5, 0.6) is 0 Å². The lowest BCUT2D eigenvalue weighted by molar-refractivity contribution is -0.118. The molecule has 0 unspecified atom stereocenters. The maximum atomic E-state index is 13.6. The highest BCUT2D eigenvalue weighted by Gasteiger charge is 2.18. The van der Waals surface area contributed by atoms with Crippen molar-refractivity contribution in [3.63, 3.8) is 0 Å². The standard InChI is InChI=1S/C17H17F3N2O/c1-22(13-5-3-2-4-6-13)17(23)9-12(21)7-11-8-15(19)16(20)10-14(11)18/h2-6,8,10,12H,7,9,21H2,1H3/t12-/m1/s1. The quantitative estimate of drug-likeness (QED) is 0.860. The van der Waals surface area contributed by atoms with Crippen LogP contribution in [0.1, 0.15) is 12.0 Å². The predicted molar refractivity (Wildman–Crippen MR) is 82.5 cm³/mol. The number of para-hydroxylation sites is 1. The van der Waals surface area contributed by atoms with E-state index in [9.17, 15) is 18.0 Å². The Morgan fingerprint density at radius 1 is 1.09 bits per heavy atom. The second-order valence-corrected chi connectivity index (χ2v) is 5.31. The number of anilines is 1. The third-order valence-corrected chi connectivity index (χ3v) is 3.53. The highest BCUT2D eigenvalue weighted by Crippen LogP contribution is 2.17. The highest BCUT2D eigenvalue weighted by atomic mass is 19.2. The molecule has 0 heterocycles. The molecule has 1 atom stereocenters. The number of carbonyl (C=O) groups excluding carboxylic acids is 1. The van der Waals surface area contributed by atoms with E-state index in [1.807, 2.05) is 6.07 Å². The molecule has 2 aromatic rings. The van der Waals surface area contributed by atoms with Crippen molar-refractivity contribution in [2.45, 2.75) is 18.9 Å². The van der Waals surface area contributed by atoms with Gasteiger partial charge in [-0.05, 0) is 30.2 Å². The molecule has 0 spiro atoms. The first kappa shape index (κ1) is 17.0. The van der Waals surface area contributed by atoms with Gasteiger partial charge in [0.1, 0.15) is 5.82 Å². The van der Waals surface area contributed by atoms with E-state index in [4.69, 9.17) is 5.73 Å². The molecule has 0 aliphatic carbocycles. The molecular weight excluding hydrogens is 305 g/mol. The van der Waals surface area contributed by atoms with Crippen molar-refractivity contribution in [2.75, 3.05) is 11.9 Å². The molecule has 23 heavy (non-hydrogen) atoms. The minimum Gasteiger partial charge on any atom is -0.327 e. The summed E-state index contributed by atoms with van der Waals surface area (Å²) in [5, 5.41) is 0. The number of hydrogen-bond acceptors (Lipinski definition) is 2. The zero-order valence-electron chi connectivity index (χ0n) is 12.6. The summed E-state index contributed by atoms with van der Waals surface area (Å²) in [6, 6.07) is 9.54. The van der Waals surface area contributed by atoms with Gasteiger partial charge in [-0.1, -0.05) is 18.2 Å². The number of nitrogens with two attached hydrogens (primary N) is 1. The van der Waals surface area contributed by atoms with Crippen molar-refractivity contribution in [1.82, 2.24) is 0 Å². The van der Waals surface area contributed by atoms with Gasteiger partial charge >= 0.3 is 0 Å². The predicted octanol–water partition coefficient (Wildman–Crippen LogP) is 3.03. The van der Waals surface area contributed by atoms with Gasteiger partial charge in [0.2, 0.25) is 5.91 Å². The number of benzene rings is 2. The lowest BCUT2D eigenvalue weighted by Gasteiger charge is -2.20. The minimum absolute atomic E-state index is 0.0379. The molecule has 0 aromatic heterocycles. The fraction of sp³-hybridized carbons (Fsp3) is 0.235. The summed E-state index contributed by atoms with van der Waals surface area (Å²) in [6.45, 7) is 0. The Bertz CT molecular complexity index is 692. The van der Waals surface area contributed by atoms with E-state index >= 15 is 0 Å². The lowest BCUT2D eigenvalue weighted by atomic mass is 10.0. The van der Waals surface area contributed by atoms with E-state index in [-0.39, 0.29) is 24.3 Å². The third kappa shape index (κ3) is 4.32. The summed E-state index contributed by atoms with van der Waals surface area (Å²) in [7, 11) is 1.61. The number of nitrogens with zero attached hydrogens (tertiary/aromatic N) is 1. The molecule has 6 heteroatoms. The molecule has 0 saturated heterocycles. The van der Waals surface area contributed by atoms with Gasteiger partial charge in [0.15, 0.2) is 11.6 Å². The van der Waals surface area contributed by atoms with Crippen LogP contribution in [0.15, 0.2) is 42.5 Å². The van der Waals surface area contributed by atoms with Gasteiger partial charge in [0.05, 0.1) is 0 Å². The SMILES string of the molecule is CN(C(=O)C[C@H](N)Cc1cc(F)c(F)cc1F)c1ccccc1. The van der Waals surface area contributed by atoms with Crippen molar-refractivity contribution in [1.29, 1.82) is 0 Å². The minimum atomic E-state index is -1.25. The molecule has 1 amide bonds. The van der Waals surface area contributed by atoms with Gasteiger partial charge in [-0.25, -0.2) is 13.2 Å². The summed E-state index contributed by atoms with van der Waals surface area (Å²) in [6.07, 6.45) is -0.0960. The van der Waals surface area contributed by atoms with Crippen molar-refractivity contribution >= 4 is 11.6 Å². The fourth-order valence-electron chi connectivity index (χ4n) is 2.23. The number of hydrogen-bond donors (Lipinski definition) is 1. The maximum Gasteiger partial charge on any atom is 0.228 e. The van der Waals surface area contributed by atoms with Crippen LogP contribution < -0.4 is 10.6 Å². The van der Waals surface area contributed by atoms with Crippen LogP contribution in [-0.2, 0) is 11.2 Å². The second kappa shape index (κ2) is 7.28. The van der Waals surface area contributed by atoms with E-state index in [1.165, 1.54) is 4.90 Å². The summed E-state index contributed by atoms with van der Waals surface area (Å²) in [5.74, 6) is -3.50. The summed E-state index contributed by atoms with van der Waals surface area (Å²) >= 11 is 0. The van der Waals surface area contributed by atoms with Crippen LogP contribution in [0.4, 0.5) is 18.9 Å². The highest BCUT2D eigenvalue weighted by molar-refractivity contribution is 5.93. The van der Waals surface area contributed by atoms with Crippen molar-refractivity contribution in [3.05, 3.63) is 65.5 Å². The van der Waals surface area contributed by atoms with Crippen LogP contribution in [0, 0.1) is 17.5 Å². The molecule has 0 aliphatic rings. The Labute approximate surface area is 132 Å². The first-order chi connectivity index (χ1) is 10.9. The van der Waals surface area contributed by atoms with Gasteiger partial charge in [-0.15, -0.1) is 0 Å². The maximum absolute atomic E-state index is 13.6. The fourth-order valence-corrected chi connectivity index (χ4v) is 2.23. The van der Waals surface area contributed by atoms with Crippen LogP contribution in [0.2, 0.25) is 0 Å². The van der Waals surface area contributed by atoms with Crippen molar-refractivity contribution in [2.24, 2.45) is 5.73 Å². The van der Waals surface area contributed by atoms with E-state index in [1.54, 1.807) is 31.3 Å². The Morgan fingerprint density at radius 3 is 2.35 bits per heavy atom. The molecule has 0 aliphatic heterocycles. The lowest BCUT2D eigenvalue weighted by Crippen LogP contribution is -2.34. The largest absolute Gasteiger partial charge is 0.327 e. The third-order valence-electron chi connectivity index (χ3n) is 3.53. The molecule has 0 radical (unpaired) electrons. The first-order valence-electron chi connectivity index (χ1n) is 7.09. The van der Waals surface area contributed by atoms with Crippen LogP contribution in [0.3, 0.4) is 0 Å². The molecule has 122 valence electrons. The monoisotopic (exact) mass is 322 g/mol. The van der Waals surface area contributed by atoms with Crippen LogP contribution in [0.25, 0.3) is 0 Å². The van der Waals surface area contributed by atoms with E-state index in [2.05, 4.69) is 0 Å². The number of amides is 1. The number of halogens is 3. The zero-order valence-corrected chi connectivity index (χ0v) is 12.6. The summed E-state index contributed by atoms with van der Waals surface area (Å²) in [5.41, 5.74) is 6.51. The van der Waals surface area contributed by atoms with E-state index in [0.717, 1.165) is 6.07 Å². The van der Waals surface area contributed by atoms with Crippen LogP contribution >= 0.6 is 0 Å². The summed E-state index contributed by atoms with van der Waals surface area (Å²) < 4.78 is 39.7. The average Bonchev–Trinajstić information content (AvgIpc) is 2.52. The Hall–Kier alpha value is -2.34. The van der Waals surface area contributed by atoms with Gasteiger partial charge < -0.3 is 10.6 Å². The second-order valence-electron chi connectivity index (χ2n) is 5.31. The van der Waals surface area contributed by atoms with E-state index in [0.29, 0.717) is 11.8 Å². The zero-order chi connectivity index (χ0) is 17.0.